The van der Waals surface area contributed by atoms with Gasteiger partial charge in [0.05, 0.1) is 0 Å². The second-order valence-electron chi connectivity index (χ2n) is 3.09. The third kappa shape index (κ3) is 2.76. The Morgan fingerprint density at radius 2 is 2.20 bits per heavy atom. The number of nitrogens with two attached hydrogens (primary N) is 1. The third-order valence-electron chi connectivity index (χ3n) is 1.65. The largest absolute Gasteiger partial charge is 0.457 e. The van der Waals surface area contributed by atoms with E-state index in [9.17, 15) is 4.79 Å². The third-order valence-corrected chi connectivity index (χ3v) is 1.65. The molecule has 1 rings (SSSR count). The van der Waals surface area contributed by atoms with Gasteiger partial charge in [-0.2, -0.15) is 15.0 Å². The molecule has 0 aliphatic heterocycles. The minimum absolute atomic E-state index is 0.0431. The fourth-order valence-corrected chi connectivity index (χ4v) is 0.904. The van der Waals surface area contributed by atoms with E-state index in [1.807, 2.05) is 0 Å². The lowest BCUT2D eigenvalue weighted by atomic mass is 10.4. The van der Waals surface area contributed by atoms with E-state index in [4.69, 9.17) is 7.10 Å². The first-order chi connectivity index (χ1) is 7.40. The van der Waals surface area contributed by atoms with E-state index in [2.05, 4.69) is 19.7 Å². The molecule has 1 heterocycles. The predicted molar refractivity (Wildman–Crippen MR) is 54.1 cm³/mol. The molecule has 0 aliphatic carbocycles. The van der Waals surface area contributed by atoms with Gasteiger partial charge in [0.1, 0.15) is 0 Å². The summed E-state index contributed by atoms with van der Waals surface area (Å²) in [6.45, 7) is 1.56. The molecule has 1 atom stereocenters. The summed E-state index contributed by atoms with van der Waals surface area (Å²) in [6.07, 6.45) is -1.87. The molecule has 0 fully saturated rings. The normalized spacial score (nSPS) is 12.9. The lowest BCUT2D eigenvalue weighted by Gasteiger charge is -2.13. The smallest absolute Gasteiger partial charge is 0.293 e. The Bertz CT molecular complexity index is 398. The summed E-state index contributed by atoms with van der Waals surface area (Å²) in [5.74, 6) is 0.633. The number of nitrogens with zero attached hydrogens (tertiary/aromatic N) is 4. The topological polar surface area (TPSA) is 94.2 Å². The number of hydrogen-bond acceptors (Lipinski definition) is 7. The Balaban J connectivity index is 2.99. The highest BCUT2D eigenvalue weighted by atomic mass is 16.5. The quantitative estimate of drug-likeness (QED) is 0.690. The molecule has 0 radical (unpaired) electrons. The summed E-state index contributed by atoms with van der Waals surface area (Å²) in [5.41, 5.74) is 5.49. The molecular weight excluding hydrogens is 198 g/mol. The molecule has 2 N–H and O–H groups in total. The second kappa shape index (κ2) is 4.54. The summed E-state index contributed by atoms with van der Waals surface area (Å²) in [5, 5.41) is 0. The number of carbonyl (C=O) groups excluding carboxylic acids is 1. The van der Waals surface area contributed by atoms with Crippen LogP contribution < -0.4 is 10.6 Å². The highest BCUT2D eigenvalue weighted by Crippen LogP contribution is 2.14. The molecule has 0 saturated carbocycles. The van der Waals surface area contributed by atoms with E-state index in [1.54, 1.807) is 25.9 Å². The van der Waals surface area contributed by atoms with Gasteiger partial charge in [-0.15, -0.1) is 0 Å². The van der Waals surface area contributed by atoms with Crippen LogP contribution in [0.15, 0.2) is 0 Å². The molecule has 0 bridgehead atoms. The molecule has 82 valence electrons. The van der Waals surface area contributed by atoms with Crippen LogP contribution in [-0.4, -0.2) is 35.5 Å². The van der Waals surface area contributed by atoms with E-state index < -0.39 is 12.6 Å². The Morgan fingerprint density at radius 1 is 1.53 bits per heavy atom. The molecule has 7 heteroatoms. The van der Waals surface area contributed by atoms with Crippen molar-refractivity contribution in [3.05, 3.63) is 5.82 Å². The number of nitrogen functional groups attached to an aromatic ring is 1. The fraction of sp³-hybridized carbons (Fsp3) is 0.500. The summed E-state index contributed by atoms with van der Waals surface area (Å²) < 4.78 is 11.3. The second-order valence-corrected chi connectivity index (χ2v) is 3.09. The van der Waals surface area contributed by atoms with Crippen LogP contribution in [0.4, 0.5) is 11.9 Å². The molecule has 1 aromatic rings. The fourth-order valence-electron chi connectivity index (χ4n) is 0.904. The minimum atomic E-state index is -1.14. The first kappa shape index (κ1) is 9.63. The Hall–Kier alpha value is -1.92. The van der Waals surface area contributed by atoms with E-state index in [-0.39, 0.29) is 11.8 Å². The molecule has 0 amide bonds. The maximum atomic E-state index is 10.5. The van der Waals surface area contributed by atoms with Gasteiger partial charge >= 0.3 is 0 Å². The van der Waals surface area contributed by atoms with Crippen LogP contribution in [0.5, 0.6) is 0 Å². The van der Waals surface area contributed by atoms with E-state index in [0.29, 0.717) is 5.95 Å². The van der Waals surface area contributed by atoms with Gasteiger partial charge in [-0.3, -0.25) is 4.79 Å². The molecule has 0 aliphatic rings. The zero-order chi connectivity index (χ0) is 12.3. The molecule has 15 heavy (non-hydrogen) atoms. The molecule has 0 spiro atoms. The first-order valence-corrected chi connectivity index (χ1v) is 4.26. The molecule has 1 aromatic heterocycles. The van der Waals surface area contributed by atoms with Gasteiger partial charge in [0, 0.05) is 14.1 Å². The Kier molecular flexibility index (Phi) is 2.91. The number of rotatable bonds is 3. The average molecular weight is 212 g/mol. The molecule has 1 unspecified atom stereocenters. The van der Waals surface area contributed by atoms with E-state index in [0.717, 1.165) is 0 Å². The summed E-state index contributed by atoms with van der Waals surface area (Å²) in [6, 6.07) is 0. The molecule has 7 nitrogen and oxygen atoms in total. The van der Waals surface area contributed by atoms with Crippen molar-refractivity contribution in [2.45, 2.75) is 13.0 Å². The average Bonchev–Trinajstić information content (AvgIpc) is 2.15. The van der Waals surface area contributed by atoms with Crippen molar-refractivity contribution in [1.82, 2.24) is 15.0 Å². The lowest BCUT2D eigenvalue weighted by Crippen LogP contribution is -2.17. The number of hydrogen-bond donors (Lipinski definition) is 1. The van der Waals surface area contributed by atoms with Crippen molar-refractivity contribution >= 4 is 18.3 Å². The van der Waals surface area contributed by atoms with Crippen molar-refractivity contribution in [3.63, 3.8) is 0 Å². The van der Waals surface area contributed by atoms with Gasteiger partial charge in [0.2, 0.25) is 11.9 Å². The van der Waals surface area contributed by atoms with Crippen molar-refractivity contribution in [3.8, 4) is 0 Å². The summed E-state index contributed by atoms with van der Waals surface area (Å²) >= 11 is 0. The SMILES string of the molecule is [2H]C(=O)OC(C)c1nc(N)nc(N(C)C)n1. The van der Waals surface area contributed by atoms with Gasteiger partial charge in [-0.1, -0.05) is 0 Å². The summed E-state index contributed by atoms with van der Waals surface area (Å²) in [7, 11) is 3.50. The standard InChI is InChI=1S/C8H13N5O2/c1-5(15-4-14)6-10-7(9)12-8(11-6)13(2)3/h4-5H,1-3H3,(H2,9,10,11,12)/i4D. The zero-order valence-electron chi connectivity index (χ0n) is 9.76. The number of anilines is 2. The lowest BCUT2D eigenvalue weighted by molar-refractivity contribution is -0.133. The van der Waals surface area contributed by atoms with Gasteiger partial charge < -0.3 is 15.4 Å². The number of carbonyl (C=O) groups is 1. The summed E-state index contributed by atoms with van der Waals surface area (Å²) in [4.78, 5) is 23.9. The van der Waals surface area contributed by atoms with Crippen LogP contribution in [-0.2, 0) is 9.53 Å². The van der Waals surface area contributed by atoms with E-state index in [1.165, 1.54) is 0 Å². The highest BCUT2D eigenvalue weighted by molar-refractivity contribution is 5.38. The van der Waals surface area contributed by atoms with Crippen molar-refractivity contribution in [2.24, 2.45) is 0 Å². The molecule has 0 saturated heterocycles. The Morgan fingerprint density at radius 3 is 2.73 bits per heavy atom. The van der Waals surface area contributed by atoms with Crippen LogP contribution in [0.2, 0.25) is 0 Å². The van der Waals surface area contributed by atoms with Gasteiger partial charge in [-0.25, -0.2) is 0 Å². The van der Waals surface area contributed by atoms with Crippen LogP contribution in [0.1, 0.15) is 20.2 Å². The number of ether oxygens (including phenoxy) is 1. The monoisotopic (exact) mass is 212 g/mol. The van der Waals surface area contributed by atoms with Gasteiger partial charge in [0.25, 0.3) is 6.45 Å². The predicted octanol–water partition coefficient (Wildman–Crippen LogP) is -0.246. The van der Waals surface area contributed by atoms with Crippen LogP contribution in [0.25, 0.3) is 0 Å². The van der Waals surface area contributed by atoms with Gasteiger partial charge in [0.15, 0.2) is 13.3 Å². The van der Waals surface area contributed by atoms with Crippen LogP contribution in [0, 0.1) is 0 Å². The minimum Gasteiger partial charge on any atom is -0.457 e. The van der Waals surface area contributed by atoms with E-state index >= 15 is 0 Å². The number of aromatic nitrogens is 3. The van der Waals surface area contributed by atoms with Gasteiger partial charge in [-0.05, 0) is 6.92 Å². The highest BCUT2D eigenvalue weighted by Gasteiger charge is 2.13. The molecular formula is C8H13N5O2. The zero-order valence-corrected chi connectivity index (χ0v) is 8.76. The Labute approximate surface area is 88.7 Å². The first-order valence-electron chi connectivity index (χ1n) is 4.76. The van der Waals surface area contributed by atoms with Crippen LogP contribution >= 0.6 is 0 Å². The maximum Gasteiger partial charge on any atom is 0.293 e. The van der Waals surface area contributed by atoms with Crippen molar-refractivity contribution in [2.75, 3.05) is 24.7 Å². The van der Waals surface area contributed by atoms with Crippen LogP contribution in [0.3, 0.4) is 0 Å². The van der Waals surface area contributed by atoms with Crippen molar-refractivity contribution < 1.29 is 10.9 Å². The maximum absolute atomic E-state index is 10.5. The molecule has 0 aromatic carbocycles. The van der Waals surface area contributed by atoms with Crippen molar-refractivity contribution in [1.29, 1.82) is 0 Å².